The highest BCUT2D eigenvalue weighted by atomic mass is 16.4. The quantitative estimate of drug-likeness (QED) is 0.886. The van der Waals surface area contributed by atoms with Crippen molar-refractivity contribution in [3.63, 3.8) is 0 Å². The van der Waals surface area contributed by atoms with E-state index in [-0.39, 0.29) is 17.1 Å². The van der Waals surface area contributed by atoms with Crippen LogP contribution in [0.2, 0.25) is 0 Å². The Morgan fingerprint density at radius 1 is 1.05 bits per heavy atom. The number of anilines is 1. The van der Waals surface area contributed by atoms with Crippen molar-refractivity contribution in [3.05, 3.63) is 52.8 Å². The minimum atomic E-state index is -1.41. The van der Waals surface area contributed by atoms with Gasteiger partial charge in [-0.15, -0.1) is 0 Å². The minimum Gasteiger partial charge on any atom is -0.545 e. The zero-order chi connectivity index (χ0) is 14.7. The van der Waals surface area contributed by atoms with Crippen LogP contribution >= 0.6 is 0 Å². The van der Waals surface area contributed by atoms with E-state index in [1.807, 2.05) is 0 Å². The van der Waals surface area contributed by atoms with E-state index in [1.54, 1.807) is 26.0 Å². The predicted molar refractivity (Wildman–Crippen MR) is 70.2 cm³/mol. The Kier molecular flexibility index (Phi) is 3.74. The largest absolute Gasteiger partial charge is 0.545 e. The van der Waals surface area contributed by atoms with Crippen LogP contribution in [0.3, 0.4) is 0 Å². The summed E-state index contributed by atoms with van der Waals surface area (Å²) in [4.78, 5) is 31.2. The van der Waals surface area contributed by atoms with Crippen molar-refractivity contribution in [1.29, 1.82) is 0 Å². The number of carbonyl (C=O) groups excluding carboxylic acids is 2. The highest BCUT2D eigenvalue weighted by Gasteiger charge is 2.13. The Hall–Kier alpha value is -2.76. The molecule has 1 heterocycles. The maximum atomic E-state index is 12.1. The number of amides is 1. The van der Waals surface area contributed by atoms with Crippen LogP contribution in [-0.4, -0.2) is 21.8 Å². The first-order valence-corrected chi connectivity index (χ1v) is 5.91. The number of carboxylic acid groups (broad SMARTS) is 1. The first kappa shape index (κ1) is 13.7. The average Bonchev–Trinajstić information content (AvgIpc) is 2.37. The minimum absolute atomic E-state index is 0.00950. The molecule has 0 saturated carbocycles. The molecular formula is C14H12N3O3-. The lowest BCUT2D eigenvalue weighted by Crippen LogP contribution is -2.26. The van der Waals surface area contributed by atoms with Gasteiger partial charge in [-0.25, -0.2) is 9.97 Å². The van der Waals surface area contributed by atoms with Gasteiger partial charge < -0.3 is 9.90 Å². The standard InChI is InChI=1S/C14H13N3O3/c1-8-7-9(2)16-14(15-8)17-12(18)10-5-3-4-6-11(10)13(19)20/h3-7H,1-2H3,(H,19,20)(H,15,16,17,18)/p-1. The van der Waals surface area contributed by atoms with Crippen molar-refractivity contribution < 1.29 is 14.7 Å². The van der Waals surface area contributed by atoms with Crippen molar-refractivity contribution in [2.75, 3.05) is 5.32 Å². The second-order valence-electron chi connectivity index (χ2n) is 4.26. The Balaban J connectivity index is 2.31. The van der Waals surface area contributed by atoms with Crippen LogP contribution in [0.4, 0.5) is 5.95 Å². The van der Waals surface area contributed by atoms with Gasteiger partial charge in [-0.05, 0) is 26.0 Å². The van der Waals surface area contributed by atoms with Crippen molar-refractivity contribution in [2.24, 2.45) is 0 Å². The second kappa shape index (κ2) is 5.48. The Labute approximate surface area is 115 Å². The maximum absolute atomic E-state index is 12.1. The lowest BCUT2D eigenvalue weighted by Gasteiger charge is -2.10. The van der Waals surface area contributed by atoms with Crippen LogP contribution < -0.4 is 10.4 Å². The molecule has 1 aromatic carbocycles. The van der Waals surface area contributed by atoms with Crippen molar-refractivity contribution in [2.45, 2.75) is 13.8 Å². The molecule has 6 heteroatoms. The highest BCUT2D eigenvalue weighted by molar-refractivity contribution is 6.09. The molecule has 0 aliphatic carbocycles. The fourth-order valence-electron chi connectivity index (χ4n) is 1.81. The third-order valence-corrected chi connectivity index (χ3v) is 2.60. The number of hydrogen-bond donors (Lipinski definition) is 1. The van der Waals surface area contributed by atoms with Crippen molar-refractivity contribution in [1.82, 2.24) is 9.97 Å². The molecule has 0 aliphatic rings. The molecule has 0 radical (unpaired) electrons. The summed E-state index contributed by atoms with van der Waals surface area (Å²) in [6.45, 7) is 3.55. The van der Waals surface area contributed by atoms with Crippen molar-refractivity contribution >= 4 is 17.8 Å². The molecule has 2 aromatic rings. The smallest absolute Gasteiger partial charge is 0.258 e. The van der Waals surface area contributed by atoms with E-state index in [0.29, 0.717) is 11.4 Å². The molecule has 0 saturated heterocycles. The normalized spacial score (nSPS) is 10.1. The Morgan fingerprint density at radius 3 is 2.15 bits per heavy atom. The van der Waals surface area contributed by atoms with E-state index in [2.05, 4.69) is 15.3 Å². The molecule has 2 rings (SSSR count). The number of nitrogens with zero attached hydrogens (tertiary/aromatic N) is 2. The molecule has 0 fully saturated rings. The molecule has 0 aliphatic heterocycles. The van der Waals surface area contributed by atoms with Gasteiger partial charge in [0.1, 0.15) is 0 Å². The van der Waals surface area contributed by atoms with Gasteiger partial charge in [-0.1, -0.05) is 18.2 Å². The summed E-state index contributed by atoms with van der Waals surface area (Å²) >= 11 is 0. The van der Waals surface area contributed by atoms with E-state index < -0.39 is 11.9 Å². The summed E-state index contributed by atoms with van der Waals surface area (Å²) in [7, 11) is 0. The molecule has 1 aromatic heterocycles. The summed E-state index contributed by atoms with van der Waals surface area (Å²) in [6.07, 6.45) is 0. The van der Waals surface area contributed by atoms with E-state index in [1.165, 1.54) is 18.2 Å². The molecule has 1 N–H and O–H groups in total. The number of hydrogen-bond acceptors (Lipinski definition) is 5. The van der Waals surface area contributed by atoms with Gasteiger partial charge in [0.25, 0.3) is 5.91 Å². The zero-order valence-electron chi connectivity index (χ0n) is 11.0. The average molecular weight is 270 g/mol. The van der Waals surface area contributed by atoms with E-state index in [4.69, 9.17) is 0 Å². The van der Waals surface area contributed by atoms with Gasteiger partial charge in [-0.3, -0.25) is 10.1 Å². The SMILES string of the molecule is Cc1cc(C)nc(NC(=O)c2ccccc2C(=O)[O-])n1. The first-order chi connectivity index (χ1) is 9.47. The number of nitrogens with one attached hydrogen (secondary N) is 1. The van der Waals surface area contributed by atoms with E-state index in [0.717, 1.165) is 0 Å². The summed E-state index contributed by atoms with van der Waals surface area (Å²) in [5.74, 6) is -1.85. The van der Waals surface area contributed by atoms with Gasteiger partial charge >= 0.3 is 0 Å². The highest BCUT2D eigenvalue weighted by Crippen LogP contribution is 2.11. The Morgan fingerprint density at radius 2 is 1.60 bits per heavy atom. The molecule has 0 spiro atoms. The molecule has 6 nitrogen and oxygen atoms in total. The first-order valence-electron chi connectivity index (χ1n) is 5.91. The van der Waals surface area contributed by atoms with Crippen LogP contribution in [0, 0.1) is 13.8 Å². The van der Waals surface area contributed by atoms with Gasteiger partial charge in [0.15, 0.2) is 0 Å². The van der Waals surface area contributed by atoms with Crippen molar-refractivity contribution in [3.8, 4) is 0 Å². The third kappa shape index (κ3) is 2.97. The number of benzene rings is 1. The number of aromatic nitrogens is 2. The fraction of sp³-hybridized carbons (Fsp3) is 0.143. The van der Waals surface area contributed by atoms with Crippen LogP contribution in [0.15, 0.2) is 30.3 Å². The monoisotopic (exact) mass is 270 g/mol. The van der Waals surface area contributed by atoms with Crippen LogP contribution in [0.5, 0.6) is 0 Å². The van der Waals surface area contributed by atoms with E-state index in [9.17, 15) is 14.7 Å². The number of carboxylic acids is 1. The van der Waals surface area contributed by atoms with Crippen LogP contribution in [-0.2, 0) is 0 Å². The van der Waals surface area contributed by atoms with Crippen LogP contribution in [0.25, 0.3) is 0 Å². The summed E-state index contributed by atoms with van der Waals surface area (Å²) < 4.78 is 0. The molecule has 20 heavy (non-hydrogen) atoms. The fourth-order valence-corrected chi connectivity index (χ4v) is 1.81. The summed E-state index contributed by atoms with van der Waals surface area (Å²) in [5.41, 5.74) is 1.26. The number of carbonyl (C=O) groups is 2. The molecule has 102 valence electrons. The summed E-state index contributed by atoms with van der Waals surface area (Å²) in [6, 6.07) is 7.58. The molecule has 0 unspecified atom stereocenters. The number of aromatic carboxylic acids is 1. The van der Waals surface area contributed by atoms with Gasteiger partial charge in [0, 0.05) is 22.5 Å². The topological polar surface area (TPSA) is 95.0 Å². The lowest BCUT2D eigenvalue weighted by molar-refractivity contribution is -0.255. The van der Waals surface area contributed by atoms with E-state index >= 15 is 0 Å². The van der Waals surface area contributed by atoms with Crippen LogP contribution in [0.1, 0.15) is 32.1 Å². The zero-order valence-corrected chi connectivity index (χ0v) is 11.0. The van der Waals surface area contributed by atoms with Gasteiger partial charge in [0.05, 0.1) is 5.97 Å². The number of rotatable bonds is 3. The molecule has 1 amide bonds. The van der Waals surface area contributed by atoms with Gasteiger partial charge in [0.2, 0.25) is 5.95 Å². The maximum Gasteiger partial charge on any atom is 0.258 e. The second-order valence-corrected chi connectivity index (χ2v) is 4.26. The third-order valence-electron chi connectivity index (χ3n) is 2.60. The van der Waals surface area contributed by atoms with Gasteiger partial charge in [-0.2, -0.15) is 0 Å². The number of aryl methyl sites for hydroxylation is 2. The predicted octanol–water partition coefficient (Wildman–Crippen LogP) is 0.709. The summed E-state index contributed by atoms with van der Waals surface area (Å²) in [5, 5.41) is 13.4. The molecular weight excluding hydrogens is 258 g/mol. The lowest BCUT2D eigenvalue weighted by atomic mass is 10.1. The molecule has 0 bridgehead atoms. The Bertz CT molecular complexity index is 663. The molecule has 0 atom stereocenters.